The van der Waals surface area contributed by atoms with E-state index in [9.17, 15) is 4.79 Å². The Kier molecular flexibility index (Phi) is 6.25. The molecule has 0 spiro atoms. The van der Waals surface area contributed by atoms with Crippen LogP contribution in [0.25, 0.3) is 28.4 Å². The Morgan fingerprint density at radius 2 is 1.47 bits per heavy atom. The van der Waals surface area contributed by atoms with Gasteiger partial charge in [0, 0.05) is 30.0 Å². The number of hydrogen-bond donors (Lipinski definition) is 1. The van der Waals surface area contributed by atoms with Crippen molar-refractivity contribution in [1.29, 1.82) is 0 Å². The molecule has 0 fully saturated rings. The Bertz CT molecular complexity index is 1360. The summed E-state index contributed by atoms with van der Waals surface area (Å²) >= 11 is 0. The summed E-state index contributed by atoms with van der Waals surface area (Å²) < 4.78 is 7.49. The molecule has 0 aliphatic carbocycles. The van der Waals surface area contributed by atoms with E-state index in [0.717, 1.165) is 22.5 Å². The van der Waals surface area contributed by atoms with Gasteiger partial charge in [-0.3, -0.25) is 4.79 Å². The fraction of sp³-hybridized carbons (Fsp3) is 0.111. The zero-order valence-corrected chi connectivity index (χ0v) is 18.5. The van der Waals surface area contributed by atoms with Gasteiger partial charge in [0.2, 0.25) is 17.7 Å². The number of benzene rings is 3. The molecule has 1 N–H and O–H groups in total. The molecule has 7 heteroatoms. The van der Waals surface area contributed by atoms with E-state index in [0.29, 0.717) is 36.9 Å². The summed E-state index contributed by atoms with van der Waals surface area (Å²) in [6, 6.07) is 31.2. The topological polar surface area (TPSA) is 85.8 Å². The maximum Gasteiger partial charge on any atom is 0.247 e. The molecule has 0 bridgehead atoms. The largest absolute Gasteiger partial charge is 0.421 e. The van der Waals surface area contributed by atoms with Crippen LogP contribution in [0.2, 0.25) is 0 Å². The van der Waals surface area contributed by atoms with Crippen molar-refractivity contribution in [2.24, 2.45) is 0 Å². The van der Waals surface area contributed by atoms with Gasteiger partial charge in [0.25, 0.3) is 0 Å². The highest BCUT2D eigenvalue weighted by atomic mass is 16.4. The molecule has 34 heavy (non-hydrogen) atoms. The third-order valence-corrected chi connectivity index (χ3v) is 5.33. The third-order valence-electron chi connectivity index (χ3n) is 5.33. The van der Waals surface area contributed by atoms with Gasteiger partial charge in [0.05, 0.1) is 11.4 Å². The average molecular weight is 450 g/mol. The van der Waals surface area contributed by atoms with E-state index >= 15 is 0 Å². The summed E-state index contributed by atoms with van der Waals surface area (Å²) in [4.78, 5) is 12.7. The Morgan fingerprint density at radius 1 is 0.824 bits per heavy atom. The molecule has 3 aromatic carbocycles. The lowest BCUT2D eigenvalue weighted by Crippen LogP contribution is -2.14. The summed E-state index contributed by atoms with van der Waals surface area (Å²) in [5, 5.41) is 15.9. The van der Waals surface area contributed by atoms with Crippen LogP contribution < -0.4 is 5.32 Å². The molecule has 2 aromatic heterocycles. The predicted octanol–water partition coefficient (Wildman–Crippen LogP) is 5.55. The van der Waals surface area contributed by atoms with Crippen LogP contribution in [0.15, 0.2) is 101 Å². The van der Waals surface area contributed by atoms with Crippen LogP contribution in [-0.2, 0) is 11.2 Å². The van der Waals surface area contributed by atoms with Crippen LogP contribution in [0.1, 0.15) is 18.7 Å². The highest BCUT2D eigenvalue weighted by molar-refractivity contribution is 5.90. The summed E-state index contributed by atoms with van der Waals surface area (Å²) in [5.41, 5.74) is 3.53. The van der Waals surface area contributed by atoms with E-state index in [1.165, 1.54) is 0 Å². The van der Waals surface area contributed by atoms with Gasteiger partial charge in [-0.15, -0.1) is 10.2 Å². The molecule has 1 amide bonds. The van der Waals surface area contributed by atoms with E-state index in [1.54, 1.807) is 4.68 Å². The second-order valence-electron chi connectivity index (χ2n) is 7.80. The maximum absolute atomic E-state index is 12.7. The Balaban J connectivity index is 1.25. The highest BCUT2D eigenvalue weighted by Crippen LogP contribution is 2.25. The van der Waals surface area contributed by atoms with Crippen LogP contribution >= 0.6 is 0 Å². The Labute approximate surface area is 197 Å². The monoisotopic (exact) mass is 449 g/mol. The summed E-state index contributed by atoms with van der Waals surface area (Å²) in [7, 11) is 0. The van der Waals surface area contributed by atoms with Crippen molar-refractivity contribution in [3.8, 4) is 28.4 Å². The van der Waals surface area contributed by atoms with Gasteiger partial charge in [-0.1, -0.05) is 66.7 Å². The smallest absolute Gasteiger partial charge is 0.247 e. The second kappa shape index (κ2) is 9.95. The average Bonchev–Trinajstić information content (AvgIpc) is 3.53. The van der Waals surface area contributed by atoms with Gasteiger partial charge in [-0.2, -0.15) is 5.10 Å². The fourth-order valence-corrected chi connectivity index (χ4v) is 3.64. The number of para-hydroxylation sites is 1. The van der Waals surface area contributed by atoms with E-state index in [4.69, 9.17) is 9.52 Å². The van der Waals surface area contributed by atoms with Crippen molar-refractivity contribution in [2.75, 3.05) is 5.32 Å². The molecule has 0 radical (unpaired) electrons. The standard InChI is InChI=1S/C27H23N5O2/c33-25(17-10-18-26-29-30-27(34-26)21-13-6-2-7-14-21)28-24-19-23(20-11-4-1-5-12-20)31-32(24)22-15-8-3-9-16-22/h1-9,11-16,19H,10,17-18H2,(H,28,33). The lowest BCUT2D eigenvalue weighted by atomic mass is 10.1. The Morgan fingerprint density at radius 3 is 2.18 bits per heavy atom. The molecule has 168 valence electrons. The lowest BCUT2D eigenvalue weighted by Gasteiger charge is -2.08. The molecule has 0 atom stereocenters. The van der Waals surface area contributed by atoms with Crippen molar-refractivity contribution < 1.29 is 9.21 Å². The number of rotatable bonds is 8. The van der Waals surface area contributed by atoms with E-state index < -0.39 is 0 Å². The molecule has 0 aliphatic heterocycles. The van der Waals surface area contributed by atoms with E-state index in [2.05, 4.69) is 15.5 Å². The number of carbonyl (C=O) groups excluding carboxylic acids is 1. The zero-order valence-electron chi connectivity index (χ0n) is 18.5. The van der Waals surface area contributed by atoms with Crippen LogP contribution in [0.3, 0.4) is 0 Å². The normalized spacial score (nSPS) is 10.8. The number of hydrogen-bond acceptors (Lipinski definition) is 5. The molecule has 2 heterocycles. The number of nitrogens with zero attached hydrogens (tertiary/aromatic N) is 4. The molecule has 0 saturated heterocycles. The van der Waals surface area contributed by atoms with Crippen molar-refractivity contribution in [1.82, 2.24) is 20.0 Å². The van der Waals surface area contributed by atoms with Gasteiger partial charge in [-0.25, -0.2) is 4.68 Å². The zero-order chi connectivity index (χ0) is 23.2. The van der Waals surface area contributed by atoms with Crippen LogP contribution in [0.5, 0.6) is 0 Å². The lowest BCUT2D eigenvalue weighted by molar-refractivity contribution is -0.116. The van der Waals surface area contributed by atoms with E-state index in [-0.39, 0.29) is 5.91 Å². The summed E-state index contributed by atoms with van der Waals surface area (Å²) in [5.74, 6) is 1.53. The Hall–Kier alpha value is -4.52. The minimum absolute atomic E-state index is 0.0977. The number of carbonyl (C=O) groups is 1. The number of aromatic nitrogens is 4. The maximum atomic E-state index is 12.7. The molecule has 0 unspecified atom stereocenters. The van der Waals surface area contributed by atoms with Gasteiger partial charge >= 0.3 is 0 Å². The highest BCUT2D eigenvalue weighted by Gasteiger charge is 2.14. The predicted molar refractivity (Wildman–Crippen MR) is 130 cm³/mol. The van der Waals surface area contributed by atoms with Crippen molar-refractivity contribution in [3.63, 3.8) is 0 Å². The van der Waals surface area contributed by atoms with Gasteiger partial charge in [0.1, 0.15) is 5.82 Å². The fourth-order valence-electron chi connectivity index (χ4n) is 3.64. The molecule has 5 rings (SSSR count). The minimum atomic E-state index is -0.0977. The van der Waals surface area contributed by atoms with Gasteiger partial charge in [-0.05, 0) is 30.7 Å². The van der Waals surface area contributed by atoms with Crippen LogP contribution in [0.4, 0.5) is 5.82 Å². The number of anilines is 1. The first-order chi connectivity index (χ1) is 16.8. The first kappa shape index (κ1) is 21.3. The molecule has 0 aliphatic rings. The number of amides is 1. The number of nitrogens with one attached hydrogen (secondary N) is 1. The van der Waals surface area contributed by atoms with Crippen molar-refractivity contribution >= 4 is 11.7 Å². The van der Waals surface area contributed by atoms with E-state index in [1.807, 2.05) is 97.1 Å². The number of aryl methyl sites for hydroxylation is 1. The minimum Gasteiger partial charge on any atom is -0.421 e. The second-order valence-corrected chi connectivity index (χ2v) is 7.80. The first-order valence-corrected chi connectivity index (χ1v) is 11.1. The molecule has 0 saturated carbocycles. The van der Waals surface area contributed by atoms with Crippen LogP contribution in [0, 0.1) is 0 Å². The van der Waals surface area contributed by atoms with Gasteiger partial charge < -0.3 is 9.73 Å². The summed E-state index contributed by atoms with van der Waals surface area (Å²) in [6.07, 6.45) is 1.44. The SMILES string of the molecule is O=C(CCCc1nnc(-c2ccccc2)o1)Nc1cc(-c2ccccc2)nn1-c1ccccc1. The van der Waals surface area contributed by atoms with Crippen molar-refractivity contribution in [3.05, 3.63) is 103 Å². The quantitative estimate of drug-likeness (QED) is 0.336. The molecular weight excluding hydrogens is 426 g/mol. The van der Waals surface area contributed by atoms with Crippen molar-refractivity contribution in [2.45, 2.75) is 19.3 Å². The third kappa shape index (κ3) is 4.94. The molecule has 7 nitrogen and oxygen atoms in total. The first-order valence-electron chi connectivity index (χ1n) is 11.1. The van der Waals surface area contributed by atoms with Gasteiger partial charge in [0.15, 0.2) is 0 Å². The molecular formula is C27H23N5O2. The summed E-state index contributed by atoms with van der Waals surface area (Å²) in [6.45, 7) is 0. The molecule has 5 aromatic rings. The van der Waals surface area contributed by atoms with Crippen LogP contribution in [-0.4, -0.2) is 25.9 Å².